The fourth-order valence-corrected chi connectivity index (χ4v) is 1.61. The van der Waals surface area contributed by atoms with Crippen LogP contribution in [-0.2, 0) is 4.79 Å². The summed E-state index contributed by atoms with van der Waals surface area (Å²) in [4.78, 5) is 12.0. The van der Waals surface area contributed by atoms with Gasteiger partial charge in [-0.1, -0.05) is 38.5 Å². The number of carbonyl (C=O) groups excluding carboxylic acids is 1. The molecule has 1 fully saturated rings. The Kier molecular flexibility index (Phi) is 4.87. The van der Waals surface area contributed by atoms with Gasteiger partial charge in [-0.05, 0) is 12.3 Å². The maximum absolute atomic E-state index is 10.2. The first-order valence-electron chi connectivity index (χ1n) is 5.48. The molecule has 0 aliphatic heterocycles. The molecule has 0 spiro atoms. The predicted octanol–water partition coefficient (Wildman–Crippen LogP) is 2.44. The summed E-state index contributed by atoms with van der Waals surface area (Å²) in [5.41, 5.74) is 0. The Morgan fingerprint density at radius 2 is 1.92 bits per heavy atom. The van der Waals surface area contributed by atoms with Crippen molar-refractivity contribution in [2.75, 3.05) is 13.6 Å². The molecule has 2 heteroatoms. The van der Waals surface area contributed by atoms with Crippen LogP contribution in [0.3, 0.4) is 0 Å². The van der Waals surface area contributed by atoms with E-state index in [1.165, 1.54) is 44.9 Å². The maximum Gasteiger partial charge on any atom is 0.209 e. The number of carbonyl (C=O) groups is 1. The van der Waals surface area contributed by atoms with Gasteiger partial charge in [-0.3, -0.25) is 4.79 Å². The van der Waals surface area contributed by atoms with Gasteiger partial charge in [0, 0.05) is 13.6 Å². The van der Waals surface area contributed by atoms with Crippen molar-refractivity contribution in [2.24, 2.45) is 5.92 Å². The largest absolute Gasteiger partial charge is 0.348 e. The van der Waals surface area contributed by atoms with E-state index < -0.39 is 0 Å². The Morgan fingerprint density at radius 3 is 2.54 bits per heavy atom. The van der Waals surface area contributed by atoms with Crippen molar-refractivity contribution in [3.05, 3.63) is 0 Å². The van der Waals surface area contributed by atoms with Gasteiger partial charge in [0.2, 0.25) is 6.41 Å². The highest BCUT2D eigenvalue weighted by Crippen LogP contribution is 2.34. The summed E-state index contributed by atoms with van der Waals surface area (Å²) >= 11 is 0. The molecule has 1 rings (SSSR count). The zero-order valence-corrected chi connectivity index (χ0v) is 8.67. The highest BCUT2D eigenvalue weighted by atomic mass is 16.1. The van der Waals surface area contributed by atoms with Crippen molar-refractivity contribution >= 4 is 6.41 Å². The maximum atomic E-state index is 10.2. The SMILES string of the molecule is CN(C=O)CCCCCCC1CC1. The summed E-state index contributed by atoms with van der Waals surface area (Å²) < 4.78 is 0. The van der Waals surface area contributed by atoms with Gasteiger partial charge >= 0.3 is 0 Å². The fraction of sp³-hybridized carbons (Fsp3) is 0.909. The summed E-state index contributed by atoms with van der Waals surface area (Å²) in [6, 6.07) is 0. The molecule has 1 aliphatic rings. The van der Waals surface area contributed by atoms with Crippen LogP contribution in [0.5, 0.6) is 0 Å². The Bertz CT molecular complexity index is 143. The van der Waals surface area contributed by atoms with Crippen LogP contribution >= 0.6 is 0 Å². The molecular weight excluding hydrogens is 162 g/mol. The molecular formula is C11H21NO. The smallest absolute Gasteiger partial charge is 0.209 e. The van der Waals surface area contributed by atoms with Gasteiger partial charge in [0.1, 0.15) is 0 Å². The van der Waals surface area contributed by atoms with Gasteiger partial charge in [0.05, 0.1) is 0 Å². The third-order valence-corrected chi connectivity index (χ3v) is 2.75. The highest BCUT2D eigenvalue weighted by Gasteiger charge is 2.19. The normalized spacial score (nSPS) is 15.8. The van der Waals surface area contributed by atoms with Crippen LogP contribution in [-0.4, -0.2) is 24.9 Å². The van der Waals surface area contributed by atoms with E-state index in [-0.39, 0.29) is 0 Å². The Balaban J connectivity index is 1.75. The lowest BCUT2D eigenvalue weighted by Gasteiger charge is -2.09. The van der Waals surface area contributed by atoms with Crippen LogP contribution in [0, 0.1) is 5.92 Å². The average Bonchev–Trinajstić information content (AvgIpc) is 2.94. The molecule has 0 aromatic carbocycles. The molecule has 0 heterocycles. The van der Waals surface area contributed by atoms with Crippen molar-refractivity contribution in [3.8, 4) is 0 Å². The van der Waals surface area contributed by atoms with Crippen molar-refractivity contribution in [2.45, 2.75) is 44.9 Å². The van der Waals surface area contributed by atoms with E-state index in [0.29, 0.717) is 0 Å². The Hall–Kier alpha value is -0.530. The van der Waals surface area contributed by atoms with Crippen molar-refractivity contribution in [1.82, 2.24) is 4.90 Å². The molecule has 13 heavy (non-hydrogen) atoms. The van der Waals surface area contributed by atoms with Gasteiger partial charge in [-0.2, -0.15) is 0 Å². The van der Waals surface area contributed by atoms with Gasteiger partial charge < -0.3 is 4.90 Å². The lowest BCUT2D eigenvalue weighted by atomic mass is 10.1. The molecule has 2 nitrogen and oxygen atoms in total. The Labute approximate surface area is 81.3 Å². The lowest BCUT2D eigenvalue weighted by Crippen LogP contribution is -2.16. The molecule has 0 aromatic rings. The van der Waals surface area contributed by atoms with E-state index in [2.05, 4.69) is 0 Å². The molecule has 0 atom stereocenters. The number of hydrogen-bond acceptors (Lipinski definition) is 1. The molecule has 76 valence electrons. The first kappa shape index (κ1) is 10.6. The molecule has 0 N–H and O–H groups in total. The second-order valence-corrected chi connectivity index (χ2v) is 4.23. The fourth-order valence-electron chi connectivity index (χ4n) is 1.61. The summed E-state index contributed by atoms with van der Waals surface area (Å²) in [6.45, 7) is 0.924. The van der Waals surface area contributed by atoms with E-state index in [9.17, 15) is 4.79 Å². The van der Waals surface area contributed by atoms with E-state index in [1.54, 1.807) is 4.90 Å². The van der Waals surface area contributed by atoms with Crippen LogP contribution in [0.1, 0.15) is 44.9 Å². The van der Waals surface area contributed by atoms with Gasteiger partial charge in [-0.15, -0.1) is 0 Å². The number of hydrogen-bond donors (Lipinski definition) is 0. The summed E-state index contributed by atoms with van der Waals surface area (Å²) in [6.07, 6.45) is 10.5. The van der Waals surface area contributed by atoms with Crippen LogP contribution in [0.25, 0.3) is 0 Å². The molecule has 1 saturated carbocycles. The third-order valence-electron chi connectivity index (χ3n) is 2.75. The number of rotatable bonds is 8. The second-order valence-electron chi connectivity index (χ2n) is 4.23. The number of unbranched alkanes of at least 4 members (excludes halogenated alkanes) is 3. The minimum atomic E-state index is 0.907. The second kappa shape index (κ2) is 6.01. The Morgan fingerprint density at radius 1 is 1.23 bits per heavy atom. The summed E-state index contributed by atoms with van der Waals surface area (Å²) in [5, 5.41) is 0. The zero-order valence-electron chi connectivity index (χ0n) is 8.67. The topological polar surface area (TPSA) is 20.3 Å². The molecule has 0 radical (unpaired) electrons. The third kappa shape index (κ3) is 5.67. The minimum Gasteiger partial charge on any atom is -0.348 e. The minimum absolute atomic E-state index is 0.907. The van der Waals surface area contributed by atoms with Gasteiger partial charge in [-0.25, -0.2) is 0 Å². The summed E-state index contributed by atoms with van der Waals surface area (Å²) in [5.74, 6) is 1.08. The van der Waals surface area contributed by atoms with Crippen molar-refractivity contribution in [3.63, 3.8) is 0 Å². The van der Waals surface area contributed by atoms with Crippen molar-refractivity contribution in [1.29, 1.82) is 0 Å². The highest BCUT2D eigenvalue weighted by molar-refractivity contribution is 5.46. The van der Waals surface area contributed by atoms with E-state index in [4.69, 9.17) is 0 Å². The van der Waals surface area contributed by atoms with E-state index in [0.717, 1.165) is 18.9 Å². The standard InChI is InChI=1S/C11H21NO/c1-12(10-13)9-5-3-2-4-6-11-7-8-11/h10-11H,2-9H2,1H3. The summed E-state index contributed by atoms with van der Waals surface area (Å²) in [7, 11) is 1.84. The van der Waals surface area contributed by atoms with Crippen LogP contribution < -0.4 is 0 Å². The van der Waals surface area contributed by atoms with Crippen molar-refractivity contribution < 1.29 is 4.79 Å². The van der Waals surface area contributed by atoms with E-state index >= 15 is 0 Å². The van der Waals surface area contributed by atoms with Gasteiger partial charge in [0.15, 0.2) is 0 Å². The lowest BCUT2D eigenvalue weighted by molar-refractivity contribution is -0.117. The van der Waals surface area contributed by atoms with Crippen LogP contribution in [0.4, 0.5) is 0 Å². The molecule has 1 aliphatic carbocycles. The number of amides is 1. The van der Waals surface area contributed by atoms with Gasteiger partial charge in [0.25, 0.3) is 0 Å². The first-order chi connectivity index (χ1) is 6.33. The monoisotopic (exact) mass is 183 g/mol. The van der Waals surface area contributed by atoms with Crippen LogP contribution in [0.15, 0.2) is 0 Å². The predicted molar refractivity (Wildman–Crippen MR) is 54.5 cm³/mol. The van der Waals surface area contributed by atoms with E-state index in [1.807, 2.05) is 7.05 Å². The van der Waals surface area contributed by atoms with Crippen LogP contribution in [0.2, 0.25) is 0 Å². The zero-order chi connectivity index (χ0) is 9.52. The molecule has 1 amide bonds. The molecule has 0 unspecified atom stereocenters. The quantitative estimate of drug-likeness (QED) is 0.418. The average molecular weight is 183 g/mol. The molecule has 0 saturated heterocycles. The molecule has 0 aromatic heterocycles. The molecule has 0 bridgehead atoms. The first-order valence-corrected chi connectivity index (χ1v) is 5.48. The number of nitrogens with zero attached hydrogens (tertiary/aromatic N) is 1.